The molecule has 5 heteroatoms. The fraction of sp³-hybridized carbons (Fsp3) is 0.333. The van der Waals surface area contributed by atoms with Crippen LogP contribution in [0.3, 0.4) is 0 Å². The molecule has 0 heterocycles. The molecule has 0 aromatic heterocycles. The molecule has 0 saturated carbocycles. The molecule has 0 fully saturated rings. The number of amidine groups is 2. The van der Waals surface area contributed by atoms with E-state index in [-0.39, 0.29) is 0 Å². The first-order chi connectivity index (χ1) is 7.92. The van der Waals surface area contributed by atoms with Crippen molar-refractivity contribution in [3.63, 3.8) is 0 Å². The van der Waals surface area contributed by atoms with Crippen molar-refractivity contribution in [2.75, 3.05) is 28.2 Å². The van der Waals surface area contributed by atoms with Crippen molar-refractivity contribution in [3.8, 4) is 0 Å². The first kappa shape index (κ1) is 13.6. The fourth-order valence-corrected chi connectivity index (χ4v) is 1.30. The first-order valence-electron chi connectivity index (χ1n) is 5.30. The molecule has 92 valence electrons. The van der Waals surface area contributed by atoms with Crippen LogP contribution < -0.4 is 5.32 Å². The Kier molecular flexibility index (Phi) is 4.60. The van der Waals surface area contributed by atoms with Gasteiger partial charge in [-0.3, -0.25) is 4.99 Å². The predicted molar refractivity (Wildman–Crippen MR) is 74.9 cm³/mol. The van der Waals surface area contributed by atoms with Crippen LogP contribution in [0.4, 0.5) is 0 Å². The maximum Gasteiger partial charge on any atom is 0.193 e. The minimum atomic E-state index is 0.432. The van der Waals surface area contributed by atoms with Crippen LogP contribution in [-0.2, 0) is 12.6 Å². The molecule has 0 aliphatic heterocycles. The van der Waals surface area contributed by atoms with Gasteiger partial charge in [0.2, 0.25) is 0 Å². The fourth-order valence-electron chi connectivity index (χ4n) is 1.21. The number of rotatable bonds is 2. The van der Waals surface area contributed by atoms with Gasteiger partial charge in [0.25, 0.3) is 0 Å². The highest BCUT2D eigenvalue weighted by molar-refractivity contribution is 7.77. The van der Waals surface area contributed by atoms with Gasteiger partial charge in [0.15, 0.2) is 5.84 Å². The highest BCUT2D eigenvalue weighted by Crippen LogP contribution is 2.03. The van der Waals surface area contributed by atoms with Crippen LogP contribution in [0.25, 0.3) is 0 Å². The van der Waals surface area contributed by atoms with Gasteiger partial charge in [-0.05, 0) is 5.17 Å². The Morgan fingerprint density at radius 3 is 2.24 bits per heavy atom. The molecule has 0 saturated heterocycles. The molecule has 0 atom stereocenters. The molecule has 17 heavy (non-hydrogen) atoms. The third-order valence-corrected chi connectivity index (χ3v) is 2.16. The molecule has 0 unspecified atom stereocenters. The number of hydrogen-bond donors (Lipinski definition) is 1. The minimum Gasteiger partial charge on any atom is -0.743 e. The summed E-state index contributed by atoms with van der Waals surface area (Å²) in [5.41, 5.74) is 0.992. The summed E-state index contributed by atoms with van der Waals surface area (Å²) < 4.78 is 0.462. The second-order valence-electron chi connectivity index (χ2n) is 4.41. The topological polar surface area (TPSA) is 36.8 Å². The lowest BCUT2D eigenvalue weighted by Crippen LogP contribution is -2.36. The number of aliphatic imine (C=N–C) groups is 1. The standard InChI is InChI=1S/C12H18N4S/c1-13-12(17)14-11(15-16(2,3)4)10-8-6-5-7-9-10/h5-9H,1-4H3,(H-,13,14,15,17). The van der Waals surface area contributed by atoms with E-state index in [4.69, 9.17) is 12.6 Å². The summed E-state index contributed by atoms with van der Waals surface area (Å²) in [6.07, 6.45) is 0. The van der Waals surface area contributed by atoms with E-state index in [0.29, 0.717) is 9.76 Å². The number of nitrogens with zero attached hydrogens (tertiary/aromatic N) is 3. The van der Waals surface area contributed by atoms with Crippen LogP contribution in [-0.4, -0.2) is 43.8 Å². The lowest BCUT2D eigenvalue weighted by molar-refractivity contribution is -0.877. The molecule has 0 spiro atoms. The lowest BCUT2D eigenvalue weighted by atomic mass is 10.2. The molecule has 0 bridgehead atoms. The molecule has 1 aromatic rings. The third-order valence-electron chi connectivity index (χ3n) is 1.88. The van der Waals surface area contributed by atoms with E-state index in [9.17, 15) is 0 Å². The van der Waals surface area contributed by atoms with Gasteiger partial charge in [0, 0.05) is 12.6 Å². The van der Waals surface area contributed by atoms with Crippen LogP contribution in [0, 0.1) is 0 Å². The zero-order chi connectivity index (χ0) is 12.9. The third kappa shape index (κ3) is 4.93. The van der Waals surface area contributed by atoms with Crippen LogP contribution in [0.5, 0.6) is 0 Å². The second-order valence-corrected chi connectivity index (χ2v) is 4.80. The van der Waals surface area contributed by atoms with E-state index in [1.54, 1.807) is 7.05 Å². The molecule has 1 N–H and O–H groups in total. The van der Waals surface area contributed by atoms with E-state index in [0.717, 1.165) is 11.4 Å². The summed E-state index contributed by atoms with van der Waals surface area (Å²) in [5, 5.41) is 8.03. The van der Waals surface area contributed by atoms with Gasteiger partial charge >= 0.3 is 0 Å². The van der Waals surface area contributed by atoms with Gasteiger partial charge in [-0.25, -0.2) is 4.59 Å². The summed E-state index contributed by atoms with van der Waals surface area (Å²) in [4.78, 5) is 3.92. The molecule has 0 radical (unpaired) electrons. The normalized spacial score (nSPS) is 13.6. The van der Waals surface area contributed by atoms with Gasteiger partial charge in [-0.15, -0.1) is 0 Å². The smallest absolute Gasteiger partial charge is 0.193 e. The van der Waals surface area contributed by atoms with E-state index in [2.05, 4.69) is 15.4 Å². The predicted octanol–water partition coefficient (Wildman–Crippen LogP) is 1.18. The number of quaternary nitrogens is 1. The molecule has 4 nitrogen and oxygen atoms in total. The van der Waals surface area contributed by atoms with Gasteiger partial charge in [-0.2, -0.15) is 0 Å². The van der Waals surface area contributed by atoms with Crippen LogP contribution in [0.2, 0.25) is 0 Å². The molecule has 1 aromatic carbocycles. The summed E-state index contributed by atoms with van der Waals surface area (Å²) in [6, 6.07) is 9.87. The van der Waals surface area contributed by atoms with Crippen molar-refractivity contribution in [2.24, 2.45) is 10.1 Å². The summed E-state index contributed by atoms with van der Waals surface area (Å²) in [5.74, 6) is 0.730. The Morgan fingerprint density at radius 2 is 1.76 bits per heavy atom. The first-order valence-corrected chi connectivity index (χ1v) is 5.71. The Bertz CT molecular complexity index is 418. The van der Waals surface area contributed by atoms with Crippen LogP contribution >= 0.6 is 0 Å². The monoisotopic (exact) mass is 250 g/mol. The van der Waals surface area contributed by atoms with Gasteiger partial charge < -0.3 is 17.9 Å². The largest absolute Gasteiger partial charge is 0.743 e. The second kappa shape index (κ2) is 5.75. The average Bonchev–Trinajstić information content (AvgIpc) is 2.27. The maximum atomic E-state index is 5.06. The van der Waals surface area contributed by atoms with Crippen molar-refractivity contribution in [2.45, 2.75) is 0 Å². The Labute approximate surface area is 108 Å². The molecule has 0 aliphatic rings. The molecule has 1 rings (SSSR count). The average molecular weight is 250 g/mol. The number of benzene rings is 1. The van der Waals surface area contributed by atoms with Crippen molar-refractivity contribution in [3.05, 3.63) is 35.9 Å². The summed E-state index contributed by atoms with van der Waals surface area (Å²) >= 11 is 5.06. The molecular formula is C12H18N4S. The van der Waals surface area contributed by atoms with E-state index < -0.39 is 0 Å². The highest BCUT2D eigenvalue weighted by Gasteiger charge is 2.10. The Morgan fingerprint density at radius 1 is 1.18 bits per heavy atom. The van der Waals surface area contributed by atoms with Gasteiger partial charge in [0.05, 0.1) is 21.1 Å². The number of hydrogen-bond acceptors (Lipinski definition) is 3. The molecule has 0 amide bonds. The SMILES string of the molecule is CN=C([S-])N/C(=N\[N+](C)(C)C)c1ccccc1. The quantitative estimate of drug-likeness (QED) is 0.281. The van der Waals surface area contributed by atoms with Crippen LogP contribution in [0.1, 0.15) is 5.56 Å². The van der Waals surface area contributed by atoms with E-state index in [1.807, 2.05) is 51.5 Å². The Balaban J connectivity index is 3.08. The highest BCUT2D eigenvalue weighted by atomic mass is 32.1. The zero-order valence-electron chi connectivity index (χ0n) is 10.6. The lowest BCUT2D eigenvalue weighted by Gasteiger charge is -2.20. The zero-order valence-corrected chi connectivity index (χ0v) is 11.5. The van der Waals surface area contributed by atoms with Crippen molar-refractivity contribution >= 4 is 23.6 Å². The van der Waals surface area contributed by atoms with Crippen molar-refractivity contribution < 1.29 is 4.59 Å². The Hall–Kier alpha value is -1.46. The molecule has 0 aliphatic carbocycles. The summed E-state index contributed by atoms with van der Waals surface area (Å²) in [7, 11) is 7.61. The van der Waals surface area contributed by atoms with E-state index >= 15 is 0 Å². The van der Waals surface area contributed by atoms with Gasteiger partial charge in [0.1, 0.15) is 0 Å². The van der Waals surface area contributed by atoms with E-state index in [1.165, 1.54) is 0 Å². The minimum absolute atomic E-state index is 0.432. The molecular weight excluding hydrogens is 232 g/mol. The maximum absolute atomic E-state index is 5.06. The number of nitrogens with one attached hydrogen (secondary N) is 1. The summed E-state index contributed by atoms with van der Waals surface area (Å²) in [6.45, 7) is 0. The van der Waals surface area contributed by atoms with Crippen molar-refractivity contribution in [1.29, 1.82) is 0 Å². The van der Waals surface area contributed by atoms with Crippen LogP contribution in [0.15, 0.2) is 40.4 Å². The van der Waals surface area contributed by atoms with Crippen molar-refractivity contribution in [1.82, 2.24) is 5.32 Å². The van der Waals surface area contributed by atoms with Gasteiger partial charge in [-0.1, -0.05) is 35.4 Å².